The highest BCUT2D eigenvalue weighted by atomic mass is 15.2. The van der Waals surface area contributed by atoms with E-state index in [1.54, 1.807) is 0 Å². The molecule has 9 rings (SSSR count). The molecule has 236 valence electrons. The topological polar surface area (TPSA) is 46.8 Å². The Balaban J connectivity index is 1.35. The Morgan fingerprint density at radius 3 is 1.30 bits per heavy atom. The number of para-hydroxylation sites is 2. The van der Waals surface area contributed by atoms with Crippen LogP contribution < -0.4 is 4.90 Å². The molecule has 0 saturated carbocycles. The Kier molecular flexibility index (Phi) is 7.41. The molecule has 0 radical (unpaired) electrons. The third-order valence-corrected chi connectivity index (χ3v) is 9.03. The second kappa shape index (κ2) is 12.6. The molecule has 50 heavy (non-hydrogen) atoms. The van der Waals surface area contributed by atoms with Crippen LogP contribution >= 0.6 is 0 Å². The van der Waals surface area contributed by atoms with Crippen LogP contribution in [0.1, 0.15) is 0 Å². The molecule has 0 amide bonds. The molecule has 0 spiro atoms. The van der Waals surface area contributed by atoms with Crippen LogP contribution in [0, 0.1) is 0 Å². The first-order chi connectivity index (χ1) is 24.8. The van der Waals surface area contributed by atoms with E-state index >= 15 is 0 Å². The Morgan fingerprint density at radius 2 is 0.780 bits per heavy atom. The van der Waals surface area contributed by atoms with Gasteiger partial charge in [-0.25, -0.2) is 4.98 Å². The molecule has 0 saturated heterocycles. The summed E-state index contributed by atoms with van der Waals surface area (Å²) in [5, 5.41) is 2.24. The van der Waals surface area contributed by atoms with Gasteiger partial charge in [0, 0.05) is 39.0 Å². The third-order valence-electron chi connectivity index (χ3n) is 9.03. The van der Waals surface area contributed by atoms with E-state index in [1.807, 2.05) is 78.9 Å². The molecule has 0 atom stereocenters. The average Bonchev–Trinajstić information content (AvgIpc) is 3.53. The smallest absolute Gasteiger partial charge is 0.238 e. The van der Waals surface area contributed by atoms with Crippen molar-refractivity contribution in [3.05, 3.63) is 188 Å². The molecule has 9 aromatic rings. The van der Waals surface area contributed by atoms with Crippen molar-refractivity contribution in [1.82, 2.24) is 19.5 Å². The molecule has 0 aliphatic rings. The third kappa shape index (κ3) is 5.37. The van der Waals surface area contributed by atoms with Gasteiger partial charge in [-0.05, 0) is 53.6 Å². The van der Waals surface area contributed by atoms with Crippen molar-refractivity contribution < 1.29 is 0 Å². The first kappa shape index (κ1) is 29.3. The van der Waals surface area contributed by atoms with Crippen LogP contribution in [0.2, 0.25) is 0 Å². The highest BCUT2D eigenvalue weighted by molar-refractivity contribution is 6.11. The van der Waals surface area contributed by atoms with Crippen LogP contribution in [0.4, 0.5) is 17.1 Å². The predicted molar refractivity (Wildman–Crippen MR) is 205 cm³/mol. The Hall–Kier alpha value is -6.85. The van der Waals surface area contributed by atoms with E-state index in [2.05, 4.69) is 119 Å². The van der Waals surface area contributed by atoms with Crippen molar-refractivity contribution in [2.45, 2.75) is 0 Å². The van der Waals surface area contributed by atoms with E-state index in [4.69, 9.17) is 15.0 Å². The van der Waals surface area contributed by atoms with Gasteiger partial charge in [-0.1, -0.05) is 146 Å². The van der Waals surface area contributed by atoms with Crippen LogP contribution in [0.3, 0.4) is 0 Å². The van der Waals surface area contributed by atoms with Crippen LogP contribution in [0.5, 0.6) is 0 Å². The summed E-state index contributed by atoms with van der Waals surface area (Å²) in [4.78, 5) is 17.7. The monoisotopic (exact) mass is 641 g/mol. The van der Waals surface area contributed by atoms with Crippen LogP contribution in [-0.2, 0) is 0 Å². The van der Waals surface area contributed by atoms with Crippen molar-refractivity contribution >= 4 is 38.9 Å². The first-order valence-electron chi connectivity index (χ1n) is 16.7. The SMILES string of the molecule is c1ccc(-c2ccc3c4ccc(N(c5ccccc5)c5ccccc5)cc4n(-c4nc(-c5ccccc5)nc(-c5ccccc5)n4)c3c2)cc1. The number of anilines is 3. The van der Waals surface area contributed by atoms with E-state index in [9.17, 15) is 0 Å². The first-order valence-corrected chi connectivity index (χ1v) is 16.7. The molecule has 2 aromatic heterocycles. The molecule has 0 fully saturated rings. The van der Waals surface area contributed by atoms with Gasteiger partial charge in [-0.3, -0.25) is 4.57 Å². The number of aromatic nitrogens is 4. The zero-order valence-corrected chi connectivity index (χ0v) is 27.1. The number of rotatable bonds is 7. The summed E-state index contributed by atoms with van der Waals surface area (Å²) in [5.74, 6) is 1.80. The second-order valence-electron chi connectivity index (χ2n) is 12.2. The number of fused-ring (bicyclic) bond motifs is 3. The molecule has 7 aromatic carbocycles. The fourth-order valence-corrected chi connectivity index (χ4v) is 6.67. The lowest BCUT2D eigenvalue weighted by atomic mass is 10.0. The maximum atomic E-state index is 5.19. The standard InChI is InChI=1S/C45H31N5/c1-6-16-32(17-7-1)35-26-28-39-40-29-27-38(49(36-22-12-4-13-23-36)37-24-14-5-15-25-37)31-42(40)50(41(39)30-35)45-47-43(33-18-8-2-9-19-33)46-44(48-45)34-20-10-3-11-21-34/h1-31H. The number of hydrogen-bond donors (Lipinski definition) is 0. The Morgan fingerprint density at radius 1 is 0.340 bits per heavy atom. The molecule has 0 aliphatic carbocycles. The molecule has 0 bridgehead atoms. The largest absolute Gasteiger partial charge is 0.310 e. The quantitative estimate of drug-likeness (QED) is 0.174. The summed E-state index contributed by atoms with van der Waals surface area (Å²) in [6.45, 7) is 0. The lowest BCUT2D eigenvalue weighted by Crippen LogP contribution is -2.10. The zero-order chi connectivity index (χ0) is 33.3. The highest BCUT2D eigenvalue weighted by Gasteiger charge is 2.21. The minimum atomic E-state index is 0.561. The van der Waals surface area contributed by atoms with Crippen molar-refractivity contribution in [3.8, 4) is 39.9 Å². The van der Waals surface area contributed by atoms with Gasteiger partial charge in [0.1, 0.15) is 0 Å². The van der Waals surface area contributed by atoms with E-state index in [1.165, 1.54) is 0 Å². The van der Waals surface area contributed by atoms with Crippen molar-refractivity contribution in [2.75, 3.05) is 4.90 Å². The summed E-state index contributed by atoms with van der Waals surface area (Å²) in [6.07, 6.45) is 0. The second-order valence-corrected chi connectivity index (χ2v) is 12.2. The van der Waals surface area contributed by atoms with Crippen LogP contribution in [-0.4, -0.2) is 19.5 Å². The van der Waals surface area contributed by atoms with Gasteiger partial charge in [-0.2, -0.15) is 9.97 Å². The summed E-state index contributed by atoms with van der Waals surface area (Å²) in [6, 6.07) is 65.1. The highest BCUT2D eigenvalue weighted by Crippen LogP contribution is 2.40. The lowest BCUT2D eigenvalue weighted by molar-refractivity contribution is 0.953. The number of hydrogen-bond acceptors (Lipinski definition) is 4. The maximum Gasteiger partial charge on any atom is 0.238 e. The van der Waals surface area contributed by atoms with E-state index in [-0.39, 0.29) is 0 Å². The summed E-state index contributed by atoms with van der Waals surface area (Å²) >= 11 is 0. The number of nitrogens with zero attached hydrogens (tertiary/aromatic N) is 5. The molecule has 5 heteroatoms. The van der Waals surface area contributed by atoms with Gasteiger partial charge in [0.15, 0.2) is 11.6 Å². The van der Waals surface area contributed by atoms with Crippen molar-refractivity contribution in [3.63, 3.8) is 0 Å². The molecule has 0 aliphatic heterocycles. The predicted octanol–water partition coefficient (Wildman–Crippen LogP) is 11.4. The van der Waals surface area contributed by atoms with Gasteiger partial charge >= 0.3 is 0 Å². The molecule has 0 N–H and O–H groups in total. The summed E-state index contributed by atoms with van der Waals surface area (Å²) < 4.78 is 2.20. The van der Waals surface area contributed by atoms with Gasteiger partial charge in [0.25, 0.3) is 0 Å². The molecule has 0 unspecified atom stereocenters. The minimum Gasteiger partial charge on any atom is -0.310 e. The molecular formula is C45H31N5. The van der Waals surface area contributed by atoms with Gasteiger partial charge < -0.3 is 4.90 Å². The summed E-state index contributed by atoms with van der Waals surface area (Å²) in [5.41, 5.74) is 9.34. The van der Waals surface area contributed by atoms with E-state index in [0.717, 1.165) is 61.1 Å². The Labute approximate surface area is 290 Å². The fourth-order valence-electron chi connectivity index (χ4n) is 6.67. The average molecular weight is 642 g/mol. The van der Waals surface area contributed by atoms with Crippen LogP contribution in [0.25, 0.3) is 61.7 Å². The van der Waals surface area contributed by atoms with E-state index < -0.39 is 0 Å². The maximum absolute atomic E-state index is 5.19. The van der Waals surface area contributed by atoms with Gasteiger partial charge in [-0.15, -0.1) is 0 Å². The van der Waals surface area contributed by atoms with Crippen molar-refractivity contribution in [1.29, 1.82) is 0 Å². The molecule has 5 nitrogen and oxygen atoms in total. The van der Waals surface area contributed by atoms with E-state index in [0.29, 0.717) is 17.6 Å². The summed E-state index contributed by atoms with van der Waals surface area (Å²) in [7, 11) is 0. The molecular weight excluding hydrogens is 611 g/mol. The lowest BCUT2D eigenvalue weighted by Gasteiger charge is -2.25. The minimum absolute atomic E-state index is 0.561. The number of benzene rings is 7. The van der Waals surface area contributed by atoms with Gasteiger partial charge in [0.2, 0.25) is 5.95 Å². The Bertz CT molecular complexity index is 2470. The van der Waals surface area contributed by atoms with Crippen LogP contribution in [0.15, 0.2) is 188 Å². The van der Waals surface area contributed by atoms with Crippen molar-refractivity contribution in [2.24, 2.45) is 0 Å². The molecule has 2 heterocycles. The fraction of sp³-hybridized carbons (Fsp3) is 0. The zero-order valence-electron chi connectivity index (χ0n) is 27.1. The van der Waals surface area contributed by atoms with Gasteiger partial charge in [0.05, 0.1) is 11.0 Å². The normalized spacial score (nSPS) is 11.2.